The molecule has 0 fully saturated rings. The molecule has 0 heterocycles. The van der Waals surface area contributed by atoms with Crippen LogP contribution < -0.4 is 0 Å². The van der Waals surface area contributed by atoms with E-state index in [1.807, 2.05) is 63.2 Å². The normalized spacial score (nSPS) is 12.2. The summed E-state index contributed by atoms with van der Waals surface area (Å²) in [7, 11) is 0. The zero-order chi connectivity index (χ0) is 14.7. The van der Waals surface area contributed by atoms with Crippen molar-refractivity contribution in [3.05, 3.63) is 70.3 Å². The van der Waals surface area contributed by atoms with Crippen molar-refractivity contribution in [3.63, 3.8) is 0 Å². The van der Waals surface area contributed by atoms with Crippen molar-refractivity contribution in [3.8, 4) is 0 Å². The van der Waals surface area contributed by atoms with Gasteiger partial charge in [0.2, 0.25) is 0 Å². The molecule has 0 aliphatic heterocycles. The molecule has 0 amide bonds. The molecule has 2 nitrogen and oxygen atoms in total. The molecule has 2 rings (SSSR count). The molecule has 2 aromatic rings. The summed E-state index contributed by atoms with van der Waals surface area (Å²) in [5.41, 5.74) is 5.30. The van der Waals surface area contributed by atoms with Crippen LogP contribution in [0, 0.1) is 20.8 Å². The second-order valence-corrected chi connectivity index (χ2v) is 5.38. The summed E-state index contributed by atoms with van der Waals surface area (Å²) in [5, 5.41) is 9.59. The van der Waals surface area contributed by atoms with Crippen LogP contribution >= 0.6 is 0 Å². The number of carbonyl (C=O) groups is 1. The van der Waals surface area contributed by atoms with E-state index in [2.05, 4.69) is 0 Å². The number of hydrogen-bond donors (Lipinski definition) is 1. The van der Waals surface area contributed by atoms with E-state index < -0.39 is 11.9 Å². The predicted molar refractivity (Wildman–Crippen MR) is 81.2 cm³/mol. The molecule has 0 aromatic heterocycles. The van der Waals surface area contributed by atoms with Crippen LogP contribution in [-0.4, -0.2) is 11.1 Å². The van der Waals surface area contributed by atoms with Gasteiger partial charge in [0.15, 0.2) is 0 Å². The van der Waals surface area contributed by atoms with E-state index in [0.717, 1.165) is 27.8 Å². The van der Waals surface area contributed by atoms with E-state index in [1.54, 1.807) is 0 Å². The summed E-state index contributed by atoms with van der Waals surface area (Å²) in [6.45, 7) is 6.00. The summed E-state index contributed by atoms with van der Waals surface area (Å²) < 4.78 is 0. The van der Waals surface area contributed by atoms with Gasteiger partial charge in [-0.2, -0.15) is 0 Å². The first-order chi connectivity index (χ1) is 9.49. The van der Waals surface area contributed by atoms with Crippen molar-refractivity contribution in [1.29, 1.82) is 0 Å². The molecular weight excluding hydrogens is 248 g/mol. The highest BCUT2D eigenvalue weighted by molar-refractivity contribution is 5.77. The summed E-state index contributed by atoms with van der Waals surface area (Å²) in [6, 6.07) is 14.0. The van der Waals surface area contributed by atoms with E-state index in [4.69, 9.17) is 0 Å². The minimum atomic E-state index is -0.762. The number of rotatable bonds is 4. The molecule has 2 heteroatoms. The average Bonchev–Trinajstić information content (AvgIpc) is 2.40. The fourth-order valence-electron chi connectivity index (χ4n) is 2.52. The fourth-order valence-corrected chi connectivity index (χ4v) is 2.52. The molecule has 0 spiro atoms. The van der Waals surface area contributed by atoms with Gasteiger partial charge in [-0.15, -0.1) is 0 Å². The summed E-state index contributed by atoms with van der Waals surface area (Å²) in [5.74, 6) is -1.25. The van der Waals surface area contributed by atoms with Crippen LogP contribution in [0.2, 0.25) is 0 Å². The van der Waals surface area contributed by atoms with E-state index in [9.17, 15) is 9.90 Å². The van der Waals surface area contributed by atoms with E-state index in [0.29, 0.717) is 6.42 Å². The van der Waals surface area contributed by atoms with Crippen molar-refractivity contribution in [2.75, 3.05) is 0 Å². The maximum Gasteiger partial charge on any atom is 0.311 e. The zero-order valence-corrected chi connectivity index (χ0v) is 12.2. The van der Waals surface area contributed by atoms with E-state index in [1.165, 1.54) is 0 Å². The van der Waals surface area contributed by atoms with Crippen LogP contribution in [0.25, 0.3) is 0 Å². The van der Waals surface area contributed by atoms with Gasteiger partial charge in [-0.05, 0) is 49.4 Å². The Morgan fingerprint density at radius 2 is 1.75 bits per heavy atom. The first-order valence-electron chi connectivity index (χ1n) is 6.83. The van der Waals surface area contributed by atoms with E-state index >= 15 is 0 Å². The fraction of sp³-hybridized carbons (Fsp3) is 0.278. The number of carboxylic acid groups (broad SMARTS) is 1. The third-order valence-corrected chi connectivity index (χ3v) is 3.79. The van der Waals surface area contributed by atoms with Crippen LogP contribution in [0.1, 0.15) is 33.7 Å². The number of aliphatic carboxylic acids is 1. The summed E-state index contributed by atoms with van der Waals surface area (Å²) >= 11 is 0. The third-order valence-electron chi connectivity index (χ3n) is 3.79. The molecule has 1 N–H and O–H groups in total. The SMILES string of the molecule is Cc1ccc(C)c(C(Cc2ccccc2C)C(=O)O)c1. The van der Waals surface area contributed by atoms with Crippen LogP contribution in [0.15, 0.2) is 42.5 Å². The minimum absolute atomic E-state index is 0.490. The summed E-state index contributed by atoms with van der Waals surface area (Å²) in [4.78, 5) is 11.7. The second-order valence-electron chi connectivity index (χ2n) is 5.38. The highest BCUT2D eigenvalue weighted by Gasteiger charge is 2.22. The molecule has 0 aliphatic carbocycles. The smallest absolute Gasteiger partial charge is 0.311 e. The number of hydrogen-bond acceptors (Lipinski definition) is 1. The lowest BCUT2D eigenvalue weighted by atomic mass is 9.87. The van der Waals surface area contributed by atoms with Crippen LogP contribution in [-0.2, 0) is 11.2 Å². The van der Waals surface area contributed by atoms with Gasteiger partial charge in [-0.25, -0.2) is 0 Å². The lowest BCUT2D eigenvalue weighted by Crippen LogP contribution is -2.16. The van der Waals surface area contributed by atoms with Gasteiger partial charge in [-0.1, -0.05) is 48.0 Å². The lowest BCUT2D eigenvalue weighted by molar-refractivity contribution is -0.138. The molecule has 1 unspecified atom stereocenters. The molecule has 2 aromatic carbocycles. The Kier molecular flexibility index (Phi) is 4.23. The van der Waals surface area contributed by atoms with Gasteiger partial charge in [0.05, 0.1) is 5.92 Å². The Labute approximate surface area is 120 Å². The highest BCUT2D eigenvalue weighted by Crippen LogP contribution is 2.26. The molecule has 1 atom stereocenters. The minimum Gasteiger partial charge on any atom is -0.481 e. The quantitative estimate of drug-likeness (QED) is 0.909. The van der Waals surface area contributed by atoms with Gasteiger partial charge in [0, 0.05) is 0 Å². The Hall–Kier alpha value is -2.09. The zero-order valence-electron chi connectivity index (χ0n) is 12.2. The molecule has 20 heavy (non-hydrogen) atoms. The van der Waals surface area contributed by atoms with Gasteiger partial charge in [0.25, 0.3) is 0 Å². The molecular formula is C18H20O2. The van der Waals surface area contributed by atoms with Crippen molar-refractivity contribution in [2.24, 2.45) is 0 Å². The Morgan fingerprint density at radius 3 is 2.40 bits per heavy atom. The predicted octanol–water partition coefficient (Wildman–Crippen LogP) is 4.02. The van der Waals surface area contributed by atoms with Gasteiger partial charge >= 0.3 is 5.97 Å². The average molecular weight is 268 g/mol. The molecule has 0 saturated heterocycles. The molecule has 104 valence electrons. The van der Waals surface area contributed by atoms with Crippen molar-refractivity contribution < 1.29 is 9.90 Å². The molecule has 0 saturated carbocycles. The molecule has 0 aliphatic rings. The van der Waals surface area contributed by atoms with Gasteiger partial charge in [0.1, 0.15) is 0 Å². The van der Waals surface area contributed by atoms with Crippen molar-refractivity contribution in [2.45, 2.75) is 33.1 Å². The lowest BCUT2D eigenvalue weighted by Gasteiger charge is -2.17. The maximum absolute atomic E-state index is 11.7. The summed E-state index contributed by atoms with van der Waals surface area (Å²) in [6.07, 6.45) is 0.534. The van der Waals surface area contributed by atoms with Crippen molar-refractivity contribution in [1.82, 2.24) is 0 Å². The van der Waals surface area contributed by atoms with Gasteiger partial charge in [-0.3, -0.25) is 4.79 Å². The van der Waals surface area contributed by atoms with Crippen molar-refractivity contribution >= 4 is 5.97 Å². The maximum atomic E-state index is 11.7. The van der Waals surface area contributed by atoms with Crippen LogP contribution in [0.3, 0.4) is 0 Å². The largest absolute Gasteiger partial charge is 0.481 e. The first-order valence-corrected chi connectivity index (χ1v) is 6.83. The van der Waals surface area contributed by atoms with Crippen LogP contribution in [0.5, 0.6) is 0 Å². The van der Waals surface area contributed by atoms with E-state index in [-0.39, 0.29) is 0 Å². The number of carboxylic acids is 1. The Balaban J connectivity index is 2.40. The number of benzene rings is 2. The highest BCUT2D eigenvalue weighted by atomic mass is 16.4. The van der Waals surface area contributed by atoms with Crippen LogP contribution in [0.4, 0.5) is 0 Å². The Morgan fingerprint density at radius 1 is 1.05 bits per heavy atom. The molecule has 0 bridgehead atoms. The standard InChI is InChI=1S/C18H20O2/c1-12-8-9-14(3)16(10-12)17(18(19)20)11-15-7-5-4-6-13(15)2/h4-10,17H,11H2,1-3H3,(H,19,20). The number of aryl methyl sites for hydroxylation is 3. The Bertz CT molecular complexity index is 629. The third kappa shape index (κ3) is 3.08. The first kappa shape index (κ1) is 14.3. The monoisotopic (exact) mass is 268 g/mol. The van der Waals surface area contributed by atoms with Gasteiger partial charge < -0.3 is 5.11 Å². The topological polar surface area (TPSA) is 37.3 Å². The second kappa shape index (κ2) is 5.91. The molecule has 0 radical (unpaired) electrons.